The highest BCUT2D eigenvalue weighted by Crippen LogP contribution is 2.21. The van der Waals surface area contributed by atoms with E-state index in [9.17, 15) is 14.0 Å². The molecule has 166 valence electrons. The van der Waals surface area contributed by atoms with Crippen LogP contribution < -0.4 is 10.6 Å². The Kier molecular flexibility index (Phi) is 6.51. The van der Waals surface area contributed by atoms with Crippen LogP contribution in [-0.2, 0) is 11.2 Å². The van der Waals surface area contributed by atoms with E-state index < -0.39 is 5.82 Å². The van der Waals surface area contributed by atoms with Crippen LogP contribution in [0, 0.1) is 12.7 Å². The summed E-state index contributed by atoms with van der Waals surface area (Å²) in [6.07, 6.45) is 3.47. The molecule has 0 saturated carbocycles. The first-order chi connectivity index (χ1) is 15.9. The van der Waals surface area contributed by atoms with E-state index in [2.05, 4.69) is 15.7 Å². The van der Waals surface area contributed by atoms with E-state index in [1.807, 2.05) is 31.2 Å². The zero-order valence-corrected chi connectivity index (χ0v) is 18.4. The normalized spacial score (nSPS) is 10.6. The predicted octanol–water partition coefficient (Wildman–Crippen LogP) is 5.41. The molecule has 1 heterocycles. The Morgan fingerprint density at radius 3 is 2.61 bits per heavy atom. The van der Waals surface area contributed by atoms with Gasteiger partial charge in [0.15, 0.2) is 0 Å². The van der Waals surface area contributed by atoms with Crippen molar-refractivity contribution in [1.29, 1.82) is 0 Å². The third-order valence-electron chi connectivity index (χ3n) is 4.86. The van der Waals surface area contributed by atoms with E-state index in [0.717, 1.165) is 11.1 Å². The molecule has 0 fully saturated rings. The number of benzene rings is 3. The van der Waals surface area contributed by atoms with Crippen molar-refractivity contribution in [3.8, 4) is 5.69 Å². The van der Waals surface area contributed by atoms with E-state index in [1.165, 1.54) is 18.2 Å². The fourth-order valence-corrected chi connectivity index (χ4v) is 3.49. The highest BCUT2D eigenvalue weighted by molar-refractivity contribution is 6.31. The fourth-order valence-electron chi connectivity index (χ4n) is 3.31. The van der Waals surface area contributed by atoms with Crippen LogP contribution in [0.2, 0.25) is 5.02 Å². The van der Waals surface area contributed by atoms with E-state index in [-0.39, 0.29) is 23.3 Å². The van der Waals surface area contributed by atoms with Crippen molar-refractivity contribution in [2.45, 2.75) is 13.3 Å². The SMILES string of the molecule is Cc1cccc(CC(=O)Nc2cnn(-c3cccc(C(=O)Nc4ccc(F)c(Cl)c4)c3)c2)c1. The molecule has 2 N–H and O–H groups in total. The number of anilines is 2. The van der Waals surface area contributed by atoms with Crippen LogP contribution in [0.3, 0.4) is 0 Å². The summed E-state index contributed by atoms with van der Waals surface area (Å²) in [6, 6.07) is 18.6. The Hall–Kier alpha value is -3.97. The molecule has 0 atom stereocenters. The van der Waals surface area contributed by atoms with Crippen molar-refractivity contribution in [2.75, 3.05) is 10.6 Å². The molecule has 0 bridgehead atoms. The van der Waals surface area contributed by atoms with Crippen LogP contribution in [0.1, 0.15) is 21.5 Å². The summed E-state index contributed by atoms with van der Waals surface area (Å²) in [5.41, 5.74) is 3.98. The highest BCUT2D eigenvalue weighted by atomic mass is 35.5. The third kappa shape index (κ3) is 5.64. The Morgan fingerprint density at radius 1 is 1.00 bits per heavy atom. The maximum Gasteiger partial charge on any atom is 0.255 e. The van der Waals surface area contributed by atoms with E-state index >= 15 is 0 Å². The van der Waals surface area contributed by atoms with E-state index in [1.54, 1.807) is 41.3 Å². The summed E-state index contributed by atoms with van der Waals surface area (Å²) >= 11 is 5.77. The lowest BCUT2D eigenvalue weighted by Crippen LogP contribution is -2.14. The summed E-state index contributed by atoms with van der Waals surface area (Å²) in [6.45, 7) is 1.98. The number of nitrogens with zero attached hydrogens (tertiary/aromatic N) is 2. The number of hydrogen-bond acceptors (Lipinski definition) is 3. The zero-order chi connectivity index (χ0) is 23.4. The van der Waals surface area contributed by atoms with Gasteiger partial charge in [0.2, 0.25) is 5.91 Å². The summed E-state index contributed by atoms with van der Waals surface area (Å²) in [5, 5.41) is 9.73. The molecule has 2 amide bonds. The topological polar surface area (TPSA) is 76.0 Å². The van der Waals surface area contributed by atoms with Gasteiger partial charge in [-0.05, 0) is 48.9 Å². The lowest BCUT2D eigenvalue weighted by atomic mass is 10.1. The summed E-state index contributed by atoms with van der Waals surface area (Å²) in [7, 11) is 0. The molecule has 0 radical (unpaired) electrons. The lowest BCUT2D eigenvalue weighted by molar-refractivity contribution is -0.115. The van der Waals surface area contributed by atoms with Crippen LogP contribution in [0.5, 0.6) is 0 Å². The lowest BCUT2D eigenvalue weighted by Gasteiger charge is -2.08. The standard InChI is InChI=1S/C25H20ClFN4O2/c1-16-4-2-5-17(10-16)11-24(32)29-20-14-28-31(15-20)21-7-3-6-18(12-21)25(33)30-19-8-9-23(27)22(26)13-19/h2-10,12-15H,11H2,1H3,(H,29,32)(H,30,33). The number of halogens is 2. The monoisotopic (exact) mass is 462 g/mol. The Bertz CT molecular complexity index is 1340. The quantitative estimate of drug-likeness (QED) is 0.402. The van der Waals surface area contributed by atoms with Crippen molar-refractivity contribution in [1.82, 2.24) is 9.78 Å². The van der Waals surface area contributed by atoms with Crippen molar-refractivity contribution >= 4 is 34.8 Å². The van der Waals surface area contributed by atoms with Gasteiger partial charge in [-0.2, -0.15) is 5.10 Å². The second kappa shape index (κ2) is 9.67. The smallest absolute Gasteiger partial charge is 0.255 e. The van der Waals surface area contributed by atoms with Crippen LogP contribution >= 0.6 is 11.6 Å². The molecule has 0 aliphatic carbocycles. The molecule has 8 heteroatoms. The molecule has 3 aromatic carbocycles. The van der Waals surface area contributed by atoms with Crippen LogP contribution in [0.4, 0.5) is 15.8 Å². The summed E-state index contributed by atoms with van der Waals surface area (Å²) in [5.74, 6) is -1.08. The molecule has 0 saturated heterocycles. The average Bonchev–Trinajstić information content (AvgIpc) is 3.24. The molecule has 4 aromatic rings. The fraction of sp³-hybridized carbons (Fsp3) is 0.0800. The van der Waals surface area contributed by atoms with Gasteiger partial charge in [0.1, 0.15) is 5.82 Å². The third-order valence-corrected chi connectivity index (χ3v) is 5.15. The molecule has 1 aromatic heterocycles. The Labute approximate surface area is 195 Å². The summed E-state index contributed by atoms with van der Waals surface area (Å²) in [4.78, 5) is 25.0. The van der Waals surface area contributed by atoms with Crippen LogP contribution in [-0.4, -0.2) is 21.6 Å². The molecule has 0 aliphatic heterocycles. The number of hydrogen-bond donors (Lipinski definition) is 2. The molecule has 0 unspecified atom stereocenters. The van der Waals surface area contributed by atoms with Gasteiger partial charge < -0.3 is 10.6 Å². The first-order valence-electron chi connectivity index (χ1n) is 10.1. The Balaban J connectivity index is 1.43. The van der Waals surface area contributed by atoms with Crippen molar-refractivity contribution in [2.24, 2.45) is 0 Å². The van der Waals surface area contributed by atoms with Gasteiger partial charge in [-0.15, -0.1) is 0 Å². The Morgan fingerprint density at radius 2 is 1.82 bits per heavy atom. The first-order valence-corrected chi connectivity index (χ1v) is 10.5. The van der Waals surface area contributed by atoms with Crippen molar-refractivity contribution < 1.29 is 14.0 Å². The molecule has 0 spiro atoms. The van der Waals surface area contributed by atoms with Gasteiger partial charge in [-0.25, -0.2) is 9.07 Å². The first kappa shape index (κ1) is 22.2. The maximum absolute atomic E-state index is 13.3. The van der Waals surface area contributed by atoms with E-state index in [4.69, 9.17) is 11.6 Å². The zero-order valence-electron chi connectivity index (χ0n) is 17.7. The number of nitrogens with one attached hydrogen (secondary N) is 2. The number of rotatable bonds is 6. The number of aryl methyl sites for hydroxylation is 1. The minimum atomic E-state index is -0.558. The minimum absolute atomic E-state index is 0.0740. The second-order valence-corrected chi connectivity index (χ2v) is 7.93. The van der Waals surface area contributed by atoms with E-state index in [0.29, 0.717) is 22.6 Å². The van der Waals surface area contributed by atoms with Gasteiger partial charge in [0.05, 0.1) is 35.2 Å². The molecular formula is C25H20ClFN4O2. The molecule has 4 rings (SSSR count). The van der Waals surface area contributed by atoms with Gasteiger partial charge in [0, 0.05) is 11.3 Å². The largest absolute Gasteiger partial charge is 0.323 e. The van der Waals surface area contributed by atoms with Gasteiger partial charge in [-0.1, -0.05) is 47.5 Å². The van der Waals surface area contributed by atoms with Gasteiger partial charge >= 0.3 is 0 Å². The predicted molar refractivity (Wildman–Crippen MR) is 126 cm³/mol. The average molecular weight is 463 g/mol. The van der Waals surface area contributed by atoms with Gasteiger partial charge in [0.25, 0.3) is 5.91 Å². The van der Waals surface area contributed by atoms with Crippen LogP contribution in [0.25, 0.3) is 5.69 Å². The van der Waals surface area contributed by atoms with Gasteiger partial charge in [-0.3, -0.25) is 9.59 Å². The number of amides is 2. The van der Waals surface area contributed by atoms with Crippen molar-refractivity contribution in [3.05, 3.63) is 107 Å². The minimum Gasteiger partial charge on any atom is -0.323 e. The summed E-state index contributed by atoms with van der Waals surface area (Å²) < 4.78 is 14.9. The molecular weight excluding hydrogens is 443 g/mol. The molecule has 6 nitrogen and oxygen atoms in total. The van der Waals surface area contributed by atoms with Crippen LogP contribution in [0.15, 0.2) is 79.1 Å². The number of carbonyl (C=O) groups is 2. The second-order valence-electron chi connectivity index (χ2n) is 7.52. The highest BCUT2D eigenvalue weighted by Gasteiger charge is 2.11. The number of aromatic nitrogens is 2. The number of carbonyl (C=O) groups excluding carboxylic acids is 2. The molecule has 0 aliphatic rings. The molecule has 33 heavy (non-hydrogen) atoms. The van der Waals surface area contributed by atoms with Crippen molar-refractivity contribution in [3.63, 3.8) is 0 Å². The maximum atomic E-state index is 13.3.